The molecule has 0 aliphatic heterocycles. The quantitative estimate of drug-likeness (QED) is 0.682. The van der Waals surface area contributed by atoms with E-state index in [-0.39, 0.29) is 18.1 Å². The van der Waals surface area contributed by atoms with Crippen LogP contribution in [0.15, 0.2) is 30.3 Å². The van der Waals surface area contributed by atoms with Crippen molar-refractivity contribution in [2.75, 3.05) is 0 Å². The number of Topliss-reactive ketones (excluding diaryl/α,β-unsaturated/α-hetero) is 1. The minimum atomic E-state index is -0.327. The highest BCUT2D eigenvalue weighted by Gasteiger charge is 2.17. The Kier molecular flexibility index (Phi) is 4.44. The maximum Gasteiger partial charge on any atom is 0.204 e. The summed E-state index contributed by atoms with van der Waals surface area (Å²) < 4.78 is 13.0. The lowest BCUT2D eigenvalue weighted by Gasteiger charge is -2.13. The highest BCUT2D eigenvalue weighted by molar-refractivity contribution is 5.99. The summed E-state index contributed by atoms with van der Waals surface area (Å²) in [6.07, 6.45) is 0. The Labute approximate surface area is 145 Å². The number of carbonyl (C=O) groups excluding carboxylic acids is 1. The van der Waals surface area contributed by atoms with Gasteiger partial charge in [-0.15, -0.1) is 10.2 Å². The molecule has 0 spiro atoms. The lowest BCUT2D eigenvalue weighted by atomic mass is 9.92. The SMILES string of the molecule is Cc1cc(C)c(C(=O)Cn2nnc(-c3ccc(F)cc3)n2)c(C)c1C. The van der Waals surface area contributed by atoms with Gasteiger partial charge >= 0.3 is 0 Å². The molecule has 3 aromatic rings. The van der Waals surface area contributed by atoms with Crippen molar-refractivity contribution in [3.05, 3.63) is 64.0 Å². The predicted molar refractivity (Wildman–Crippen MR) is 92.9 cm³/mol. The number of carbonyl (C=O) groups is 1. The Balaban J connectivity index is 1.85. The van der Waals surface area contributed by atoms with Crippen LogP contribution in [0.5, 0.6) is 0 Å². The largest absolute Gasteiger partial charge is 0.292 e. The molecule has 0 fully saturated rings. The summed E-state index contributed by atoms with van der Waals surface area (Å²) in [6, 6.07) is 7.85. The number of rotatable bonds is 4. The highest BCUT2D eigenvalue weighted by atomic mass is 19.1. The van der Waals surface area contributed by atoms with Gasteiger partial charge in [0.2, 0.25) is 5.82 Å². The van der Waals surface area contributed by atoms with E-state index in [1.54, 1.807) is 12.1 Å². The van der Waals surface area contributed by atoms with E-state index in [0.29, 0.717) is 17.0 Å². The van der Waals surface area contributed by atoms with E-state index in [2.05, 4.69) is 15.4 Å². The Morgan fingerprint density at radius 2 is 1.72 bits per heavy atom. The summed E-state index contributed by atoms with van der Waals surface area (Å²) >= 11 is 0. The molecular formula is C19H19FN4O. The molecule has 6 heteroatoms. The van der Waals surface area contributed by atoms with Crippen molar-refractivity contribution in [3.8, 4) is 11.4 Å². The molecule has 0 saturated carbocycles. The monoisotopic (exact) mass is 338 g/mol. The Bertz CT molecular complexity index is 945. The first-order valence-corrected chi connectivity index (χ1v) is 8.01. The van der Waals surface area contributed by atoms with Crippen LogP contribution in [0.4, 0.5) is 4.39 Å². The zero-order valence-electron chi connectivity index (χ0n) is 14.7. The van der Waals surface area contributed by atoms with E-state index in [1.807, 2.05) is 33.8 Å². The Morgan fingerprint density at radius 3 is 2.40 bits per heavy atom. The molecule has 0 N–H and O–H groups in total. The average molecular weight is 338 g/mol. The normalized spacial score (nSPS) is 10.9. The summed E-state index contributed by atoms with van der Waals surface area (Å²) in [5.41, 5.74) is 5.59. The summed E-state index contributed by atoms with van der Waals surface area (Å²) in [4.78, 5) is 14.0. The first-order chi connectivity index (χ1) is 11.9. The molecule has 3 rings (SSSR count). The number of aromatic nitrogens is 4. The van der Waals surface area contributed by atoms with Gasteiger partial charge in [-0.05, 0) is 79.4 Å². The average Bonchev–Trinajstić information content (AvgIpc) is 3.02. The zero-order chi connectivity index (χ0) is 18.1. The minimum Gasteiger partial charge on any atom is -0.292 e. The molecule has 1 heterocycles. The number of hydrogen-bond acceptors (Lipinski definition) is 4. The second-order valence-corrected chi connectivity index (χ2v) is 6.21. The second-order valence-electron chi connectivity index (χ2n) is 6.21. The van der Waals surface area contributed by atoms with Gasteiger partial charge in [-0.1, -0.05) is 6.07 Å². The fourth-order valence-corrected chi connectivity index (χ4v) is 2.95. The molecule has 0 amide bonds. The van der Waals surface area contributed by atoms with E-state index in [0.717, 1.165) is 16.7 Å². The number of halogens is 1. The van der Waals surface area contributed by atoms with Crippen molar-refractivity contribution >= 4 is 5.78 Å². The van der Waals surface area contributed by atoms with E-state index in [1.165, 1.54) is 22.5 Å². The van der Waals surface area contributed by atoms with Gasteiger partial charge in [-0.25, -0.2) is 4.39 Å². The van der Waals surface area contributed by atoms with Crippen LogP contribution in [0.1, 0.15) is 32.6 Å². The maximum atomic E-state index is 13.0. The van der Waals surface area contributed by atoms with E-state index >= 15 is 0 Å². The van der Waals surface area contributed by atoms with Crippen molar-refractivity contribution in [2.45, 2.75) is 34.2 Å². The van der Waals surface area contributed by atoms with Crippen LogP contribution < -0.4 is 0 Å². The first-order valence-electron chi connectivity index (χ1n) is 8.01. The predicted octanol–water partition coefficient (Wildman–Crippen LogP) is 3.60. The Hall–Kier alpha value is -2.89. The molecule has 5 nitrogen and oxygen atoms in total. The van der Waals surface area contributed by atoms with Crippen LogP contribution in [-0.4, -0.2) is 26.0 Å². The third-order valence-electron chi connectivity index (χ3n) is 4.48. The van der Waals surface area contributed by atoms with Crippen LogP contribution in [0.25, 0.3) is 11.4 Å². The summed E-state index contributed by atoms with van der Waals surface area (Å²) in [7, 11) is 0. The zero-order valence-corrected chi connectivity index (χ0v) is 14.7. The number of tetrazole rings is 1. The molecule has 0 bridgehead atoms. The van der Waals surface area contributed by atoms with Gasteiger partial charge in [0.05, 0.1) is 0 Å². The maximum absolute atomic E-state index is 13.0. The molecule has 128 valence electrons. The topological polar surface area (TPSA) is 60.7 Å². The molecule has 1 aromatic heterocycles. The molecule has 0 aliphatic rings. The molecule has 0 radical (unpaired) electrons. The third kappa shape index (κ3) is 3.33. The van der Waals surface area contributed by atoms with Crippen LogP contribution in [0, 0.1) is 33.5 Å². The fraction of sp³-hybridized carbons (Fsp3) is 0.263. The smallest absolute Gasteiger partial charge is 0.204 e. The summed E-state index contributed by atoms with van der Waals surface area (Å²) in [5.74, 6) is -0.0190. The molecular weight excluding hydrogens is 319 g/mol. The minimum absolute atomic E-state index is 0.0123. The van der Waals surface area contributed by atoms with E-state index in [4.69, 9.17) is 0 Å². The molecule has 25 heavy (non-hydrogen) atoms. The first kappa shape index (κ1) is 17.0. The highest BCUT2D eigenvalue weighted by Crippen LogP contribution is 2.22. The van der Waals surface area contributed by atoms with Crippen molar-refractivity contribution < 1.29 is 9.18 Å². The van der Waals surface area contributed by atoms with E-state index < -0.39 is 0 Å². The van der Waals surface area contributed by atoms with Gasteiger partial charge in [-0.2, -0.15) is 4.80 Å². The second kappa shape index (κ2) is 6.55. The Morgan fingerprint density at radius 1 is 1.04 bits per heavy atom. The van der Waals surface area contributed by atoms with Gasteiger partial charge in [0.1, 0.15) is 12.4 Å². The summed E-state index contributed by atoms with van der Waals surface area (Å²) in [6.45, 7) is 7.96. The molecule has 0 unspecified atom stereocenters. The molecule has 0 aliphatic carbocycles. The van der Waals surface area contributed by atoms with Crippen LogP contribution in [0.3, 0.4) is 0 Å². The molecule has 2 aromatic carbocycles. The number of hydrogen-bond donors (Lipinski definition) is 0. The lowest BCUT2D eigenvalue weighted by molar-refractivity contribution is 0.0960. The van der Waals surface area contributed by atoms with Gasteiger partial charge in [-0.3, -0.25) is 4.79 Å². The standard InChI is InChI=1S/C19H19FN4O/c1-11-9-12(2)18(14(4)13(11)3)17(25)10-24-22-19(21-23-24)15-5-7-16(20)8-6-15/h5-9H,10H2,1-4H3. The number of benzene rings is 2. The van der Waals surface area contributed by atoms with Crippen molar-refractivity contribution in [1.82, 2.24) is 20.2 Å². The molecule has 0 atom stereocenters. The van der Waals surface area contributed by atoms with Gasteiger partial charge in [0.25, 0.3) is 0 Å². The number of aryl methyl sites for hydroxylation is 2. The van der Waals surface area contributed by atoms with Gasteiger partial charge in [0, 0.05) is 11.1 Å². The third-order valence-corrected chi connectivity index (χ3v) is 4.48. The van der Waals surface area contributed by atoms with Crippen molar-refractivity contribution in [1.29, 1.82) is 0 Å². The van der Waals surface area contributed by atoms with Crippen LogP contribution in [0.2, 0.25) is 0 Å². The van der Waals surface area contributed by atoms with Crippen molar-refractivity contribution in [2.24, 2.45) is 0 Å². The van der Waals surface area contributed by atoms with Crippen LogP contribution >= 0.6 is 0 Å². The van der Waals surface area contributed by atoms with Crippen molar-refractivity contribution in [3.63, 3.8) is 0 Å². The lowest BCUT2D eigenvalue weighted by Crippen LogP contribution is -2.16. The van der Waals surface area contributed by atoms with Gasteiger partial charge < -0.3 is 0 Å². The number of nitrogens with zero attached hydrogens (tertiary/aromatic N) is 4. The van der Waals surface area contributed by atoms with Gasteiger partial charge in [0.15, 0.2) is 5.78 Å². The fourth-order valence-electron chi connectivity index (χ4n) is 2.95. The van der Waals surface area contributed by atoms with E-state index in [9.17, 15) is 9.18 Å². The van der Waals surface area contributed by atoms with Crippen LogP contribution in [-0.2, 0) is 6.54 Å². The summed E-state index contributed by atoms with van der Waals surface area (Å²) in [5, 5.41) is 12.1. The number of ketones is 1. The molecule has 0 saturated heterocycles.